The zero-order valence-corrected chi connectivity index (χ0v) is 28.8. The molecule has 41 heavy (non-hydrogen) atoms. The molecule has 1 N–H and O–H groups in total. The molecule has 2 atom stereocenters. The van der Waals surface area contributed by atoms with Crippen molar-refractivity contribution in [1.82, 2.24) is 5.32 Å². The number of benzene rings is 1. The van der Waals surface area contributed by atoms with E-state index in [0.717, 1.165) is 31.4 Å². The SMILES string of the molecule is C[C@H](NC(=O)OC(C)(C)C)[C@@H](CCC(=O)CCCCCCCCCCO[Si](C)(C)C(C)(C)C)OCc1ccccc1. The molecule has 0 saturated carbocycles. The van der Waals surface area contributed by atoms with E-state index in [9.17, 15) is 9.59 Å². The van der Waals surface area contributed by atoms with Gasteiger partial charge in [-0.15, -0.1) is 0 Å². The minimum atomic E-state index is -1.61. The molecule has 0 spiro atoms. The minimum Gasteiger partial charge on any atom is -0.444 e. The Morgan fingerprint density at radius 1 is 0.829 bits per heavy atom. The van der Waals surface area contributed by atoms with Crippen molar-refractivity contribution in [2.45, 2.75) is 162 Å². The van der Waals surface area contributed by atoms with Gasteiger partial charge in [0.05, 0.1) is 18.8 Å². The predicted molar refractivity (Wildman–Crippen MR) is 173 cm³/mol. The van der Waals surface area contributed by atoms with Gasteiger partial charge in [0, 0.05) is 19.4 Å². The molecule has 0 saturated heterocycles. The molecular weight excluding hydrogens is 530 g/mol. The highest BCUT2D eigenvalue weighted by molar-refractivity contribution is 6.74. The van der Waals surface area contributed by atoms with Gasteiger partial charge in [0.25, 0.3) is 0 Å². The van der Waals surface area contributed by atoms with Crippen molar-refractivity contribution in [1.29, 1.82) is 0 Å². The van der Waals surface area contributed by atoms with Crippen LogP contribution in [0.25, 0.3) is 0 Å². The maximum Gasteiger partial charge on any atom is 0.407 e. The van der Waals surface area contributed by atoms with E-state index in [-0.39, 0.29) is 23.0 Å². The van der Waals surface area contributed by atoms with Gasteiger partial charge >= 0.3 is 6.09 Å². The Morgan fingerprint density at radius 2 is 1.39 bits per heavy atom. The lowest BCUT2D eigenvalue weighted by atomic mass is 10.0. The van der Waals surface area contributed by atoms with Crippen LogP contribution in [-0.4, -0.2) is 44.5 Å². The van der Waals surface area contributed by atoms with E-state index in [1.165, 1.54) is 32.1 Å². The van der Waals surface area contributed by atoms with Crippen molar-refractivity contribution in [2.75, 3.05) is 6.61 Å². The molecule has 0 bridgehead atoms. The fourth-order valence-corrected chi connectivity index (χ4v) is 5.39. The summed E-state index contributed by atoms with van der Waals surface area (Å²) in [5.41, 5.74) is 0.493. The molecule has 0 unspecified atom stereocenters. The Bertz CT molecular complexity index is 860. The number of carbonyl (C=O) groups is 2. The fraction of sp³-hybridized carbons (Fsp3) is 0.765. The molecule has 1 rings (SSSR count). The quantitative estimate of drug-likeness (QED) is 0.121. The van der Waals surface area contributed by atoms with Crippen molar-refractivity contribution in [3.63, 3.8) is 0 Å². The van der Waals surface area contributed by atoms with E-state index in [2.05, 4.69) is 39.2 Å². The van der Waals surface area contributed by atoms with Gasteiger partial charge in [-0.2, -0.15) is 0 Å². The maximum atomic E-state index is 12.6. The second-order valence-corrected chi connectivity index (χ2v) is 18.8. The van der Waals surface area contributed by atoms with E-state index in [1.54, 1.807) is 0 Å². The fourth-order valence-electron chi connectivity index (χ4n) is 4.30. The zero-order valence-electron chi connectivity index (χ0n) is 27.8. The second kappa shape index (κ2) is 18.8. The molecule has 0 fully saturated rings. The molecule has 1 amide bonds. The molecule has 6 nitrogen and oxygen atoms in total. The Morgan fingerprint density at radius 3 is 1.95 bits per heavy atom. The summed E-state index contributed by atoms with van der Waals surface area (Å²) in [6, 6.07) is 9.67. The third-order valence-electron chi connectivity index (χ3n) is 7.94. The summed E-state index contributed by atoms with van der Waals surface area (Å²) in [4.78, 5) is 25.0. The predicted octanol–water partition coefficient (Wildman–Crippen LogP) is 9.37. The van der Waals surface area contributed by atoms with Crippen LogP contribution < -0.4 is 5.32 Å². The average molecular weight is 592 g/mol. The number of hydrogen-bond donors (Lipinski definition) is 1. The highest BCUT2D eigenvalue weighted by atomic mass is 28.4. The van der Waals surface area contributed by atoms with Crippen molar-refractivity contribution in [3.8, 4) is 0 Å². The van der Waals surface area contributed by atoms with Gasteiger partial charge in [-0.05, 0) is 70.7 Å². The molecular formula is C34H61NO5Si. The Hall–Kier alpha value is -1.70. The first-order chi connectivity index (χ1) is 19.1. The van der Waals surface area contributed by atoms with E-state index >= 15 is 0 Å². The number of ketones is 1. The van der Waals surface area contributed by atoms with Gasteiger partial charge < -0.3 is 19.2 Å². The van der Waals surface area contributed by atoms with Gasteiger partial charge in [0.1, 0.15) is 11.4 Å². The molecule has 0 aliphatic heterocycles. The molecule has 0 aromatic heterocycles. The maximum absolute atomic E-state index is 12.6. The van der Waals surface area contributed by atoms with Crippen LogP contribution >= 0.6 is 0 Å². The van der Waals surface area contributed by atoms with Gasteiger partial charge in [0.15, 0.2) is 8.32 Å². The zero-order chi connectivity index (χ0) is 30.9. The van der Waals surface area contributed by atoms with Gasteiger partial charge in [0.2, 0.25) is 0 Å². The number of rotatable bonds is 20. The van der Waals surface area contributed by atoms with Gasteiger partial charge in [-0.1, -0.05) is 89.6 Å². The number of nitrogens with one attached hydrogen (secondary N) is 1. The molecule has 1 aromatic carbocycles. The van der Waals surface area contributed by atoms with Crippen LogP contribution in [0.3, 0.4) is 0 Å². The average Bonchev–Trinajstić information content (AvgIpc) is 2.85. The lowest BCUT2D eigenvalue weighted by molar-refractivity contribution is -0.120. The molecule has 0 radical (unpaired) electrons. The summed E-state index contributed by atoms with van der Waals surface area (Å²) in [6.07, 6.45) is 10.3. The smallest absolute Gasteiger partial charge is 0.407 e. The van der Waals surface area contributed by atoms with E-state index in [0.29, 0.717) is 25.9 Å². The first kappa shape index (κ1) is 37.3. The van der Waals surface area contributed by atoms with Crippen molar-refractivity contribution in [2.24, 2.45) is 0 Å². The summed E-state index contributed by atoms with van der Waals surface area (Å²) in [5, 5.41) is 3.18. The van der Waals surface area contributed by atoms with Crippen LogP contribution in [0.2, 0.25) is 18.1 Å². The standard InChI is InChI=1S/C34H61NO5Si/c1-28(35-32(37)40-33(2,3)4)31(38-27-29-21-17-16-18-22-29)25-24-30(36)23-19-14-12-10-11-13-15-20-26-39-41(8,9)34(5,6)7/h16-18,21-22,28,31H,10-15,19-20,23-27H2,1-9H3,(H,35,37)/t28-,31+/m0/s1. The van der Waals surface area contributed by atoms with Crippen LogP contribution in [0, 0.1) is 0 Å². The number of amides is 1. The monoisotopic (exact) mass is 591 g/mol. The molecule has 0 aliphatic rings. The van der Waals surface area contributed by atoms with Crippen molar-refractivity contribution < 1.29 is 23.5 Å². The Balaban J connectivity index is 2.28. The lowest BCUT2D eigenvalue weighted by Gasteiger charge is -2.36. The molecule has 0 heterocycles. The first-order valence-electron chi connectivity index (χ1n) is 15.9. The summed E-state index contributed by atoms with van der Waals surface area (Å²) in [7, 11) is -1.61. The minimum absolute atomic E-state index is 0.268. The normalized spacial score (nSPS) is 14.0. The van der Waals surface area contributed by atoms with Crippen LogP contribution in [-0.2, 0) is 25.3 Å². The first-order valence-corrected chi connectivity index (χ1v) is 18.8. The Kier molecular flexibility index (Phi) is 17.1. The molecule has 0 aliphatic carbocycles. The molecule has 236 valence electrons. The van der Waals surface area contributed by atoms with E-state index < -0.39 is 20.0 Å². The van der Waals surface area contributed by atoms with Gasteiger partial charge in [-0.3, -0.25) is 4.79 Å². The molecule has 1 aromatic rings. The number of ether oxygens (including phenoxy) is 2. The molecule has 7 heteroatoms. The second-order valence-electron chi connectivity index (χ2n) is 14.0. The van der Waals surface area contributed by atoms with Crippen molar-refractivity contribution in [3.05, 3.63) is 35.9 Å². The summed E-state index contributed by atoms with van der Waals surface area (Å²) in [5.74, 6) is 0.268. The van der Waals surface area contributed by atoms with E-state index in [1.807, 2.05) is 58.0 Å². The summed E-state index contributed by atoms with van der Waals surface area (Å²) < 4.78 is 17.9. The van der Waals surface area contributed by atoms with Crippen LogP contribution in [0.15, 0.2) is 30.3 Å². The van der Waals surface area contributed by atoms with Crippen LogP contribution in [0.4, 0.5) is 4.79 Å². The number of alkyl carbamates (subject to hydrolysis) is 1. The third-order valence-corrected chi connectivity index (χ3v) is 12.5. The highest BCUT2D eigenvalue weighted by Gasteiger charge is 2.36. The van der Waals surface area contributed by atoms with E-state index in [4.69, 9.17) is 13.9 Å². The lowest BCUT2D eigenvalue weighted by Crippen LogP contribution is -2.44. The van der Waals surface area contributed by atoms with Crippen LogP contribution in [0.5, 0.6) is 0 Å². The number of unbranched alkanes of at least 4 members (excludes halogenated alkanes) is 7. The third kappa shape index (κ3) is 17.8. The highest BCUT2D eigenvalue weighted by Crippen LogP contribution is 2.36. The number of Topliss-reactive ketones (excluding diaryl/α,β-unsaturated/α-hetero) is 1. The topological polar surface area (TPSA) is 73.9 Å². The number of hydrogen-bond acceptors (Lipinski definition) is 5. The van der Waals surface area contributed by atoms with Crippen molar-refractivity contribution >= 4 is 20.2 Å². The summed E-state index contributed by atoms with van der Waals surface area (Å²) >= 11 is 0. The van der Waals surface area contributed by atoms with Crippen LogP contribution in [0.1, 0.15) is 125 Å². The largest absolute Gasteiger partial charge is 0.444 e. The Labute approximate surface area is 252 Å². The van der Waals surface area contributed by atoms with Gasteiger partial charge in [-0.25, -0.2) is 4.79 Å². The summed E-state index contributed by atoms with van der Waals surface area (Å²) in [6.45, 7) is 20.3. The number of carbonyl (C=O) groups excluding carboxylic acids is 2.